The predicted octanol–water partition coefficient (Wildman–Crippen LogP) is 4.00. The summed E-state index contributed by atoms with van der Waals surface area (Å²) in [5, 5.41) is 10.2. The van der Waals surface area contributed by atoms with Gasteiger partial charge in [0.15, 0.2) is 0 Å². The van der Waals surface area contributed by atoms with Gasteiger partial charge in [0.25, 0.3) is 0 Å². The molecule has 1 heterocycles. The molecule has 0 amide bonds. The molecule has 1 aliphatic carbocycles. The van der Waals surface area contributed by atoms with Gasteiger partial charge in [0.1, 0.15) is 6.07 Å². The summed E-state index contributed by atoms with van der Waals surface area (Å²) in [5.41, 5.74) is 1.95. The Morgan fingerprint density at radius 1 is 1.38 bits per heavy atom. The Hall–Kier alpha value is -1.27. The smallest absolute Gasteiger partial charge is 0.101 e. The number of aromatic nitrogens is 1. The van der Waals surface area contributed by atoms with Crippen LogP contribution in [-0.4, -0.2) is 4.57 Å². The number of halogens is 1. The zero-order valence-corrected chi connectivity index (χ0v) is 10.4. The van der Waals surface area contributed by atoms with Crippen molar-refractivity contribution in [1.82, 2.24) is 4.57 Å². The van der Waals surface area contributed by atoms with E-state index in [4.69, 9.17) is 5.26 Å². The van der Waals surface area contributed by atoms with Crippen molar-refractivity contribution in [3.8, 4) is 6.07 Å². The summed E-state index contributed by atoms with van der Waals surface area (Å²) in [6.45, 7) is 0. The molecular weight excluding hydrogens is 264 g/mol. The second-order valence-corrected chi connectivity index (χ2v) is 5.13. The van der Waals surface area contributed by atoms with E-state index in [0.717, 1.165) is 15.4 Å². The molecule has 80 valence electrons. The zero-order valence-electron chi connectivity index (χ0n) is 8.78. The van der Waals surface area contributed by atoms with Gasteiger partial charge in [0, 0.05) is 22.1 Å². The first kappa shape index (κ1) is 9.92. The van der Waals surface area contributed by atoms with Crippen LogP contribution in [0.25, 0.3) is 10.9 Å². The molecule has 16 heavy (non-hydrogen) atoms. The molecule has 0 aliphatic heterocycles. The molecule has 0 radical (unpaired) electrons. The summed E-state index contributed by atoms with van der Waals surface area (Å²) in [4.78, 5) is 0. The molecular formula is C13H11BrN2. The van der Waals surface area contributed by atoms with Crippen molar-refractivity contribution in [3.05, 3.63) is 34.4 Å². The fourth-order valence-corrected chi connectivity index (χ4v) is 2.89. The van der Waals surface area contributed by atoms with Crippen LogP contribution in [0.3, 0.4) is 0 Å². The SMILES string of the molecule is N#Cc1cn(C2CCC2)c2cccc(Br)c12. The molecule has 2 nitrogen and oxygen atoms in total. The summed E-state index contributed by atoms with van der Waals surface area (Å²) in [7, 11) is 0. The Morgan fingerprint density at radius 2 is 2.19 bits per heavy atom. The first-order chi connectivity index (χ1) is 7.81. The Morgan fingerprint density at radius 3 is 2.81 bits per heavy atom. The van der Waals surface area contributed by atoms with Crippen LogP contribution in [0.15, 0.2) is 28.9 Å². The van der Waals surface area contributed by atoms with Crippen LogP contribution >= 0.6 is 15.9 Å². The summed E-state index contributed by atoms with van der Waals surface area (Å²) in [6.07, 6.45) is 5.78. The third-order valence-electron chi connectivity index (χ3n) is 3.40. The topological polar surface area (TPSA) is 28.7 Å². The lowest BCUT2D eigenvalue weighted by molar-refractivity contribution is 0.321. The molecule has 0 unspecified atom stereocenters. The second-order valence-electron chi connectivity index (χ2n) is 4.28. The maximum Gasteiger partial charge on any atom is 0.101 e. The van der Waals surface area contributed by atoms with Crippen LogP contribution in [0, 0.1) is 11.3 Å². The van der Waals surface area contributed by atoms with Crippen molar-refractivity contribution in [2.24, 2.45) is 0 Å². The minimum Gasteiger partial charge on any atom is -0.343 e. The molecule has 0 saturated heterocycles. The first-order valence-corrected chi connectivity index (χ1v) is 6.29. The molecule has 0 bridgehead atoms. The lowest BCUT2D eigenvalue weighted by atomic mass is 9.93. The van der Waals surface area contributed by atoms with Gasteiger partial charge in [-0.2, -0.15) is 5.26 Å². The van der Waals surface area contributed by atoms with Crippen LogP contribution in [0.1, 0.15) is 30.9 Å². The van der Waals surface area contributed by atoms with Gasteiger partial charge >= 0.3 is 0 Å². The summed E-state index contributed by atoms with van der Waals surface area (Å²) in [5.74, 6) is 0. The van der Waals surface area contributed by atoms with Crippen molar-refractivity contribution in [2.45, 2.75) is 25.3 Å². The third kappa shape index (κ3) is 1.30. The normalized spacial score (nSPS) is 16.0. The number of hydrogen-bond acceptors (Lipinski definition) is 1. The average Bonchev–Trinajstić information content (AvgIpc) is 2.56. The van der Waals surface area contributed by atoms with Gasteiger partial charge < -0.3 is 4.57 Å². The number of rotatable bonds is 1. The van der Waals surface area contributed by atoms with E-state index in [1.807, 2.05) is 18.3 Å². The van der Waals surface area contributed by atoms with E-state index in [1.54, 1.807) is 0 Å². The van der Waals surface area contributed by atoms with Gasteiger partial charge in [-0.15, -0.1) is 0 Å². The molecule has 1 aromatic heterocycles. The van der Waals surface area contributed by atoms with Crippen molar-refractivity contribution in [2.75, 3.05) is 0 Å². The molecule has 1 saturated carbocycles. The highest BCUT2D eigenvalue weighted by Gasteiger charge is 2.22. The summed E-state index contributed by atoms with van der Waals surface area (Å²) in [6, 6.07) is 9.00. The molecule has 0 atom stereocenters. The molecule has 1 fully saturated rings. The molecule has 2 aromatic rings. The van der Waals surface area contributed by atoms with Gasteiger partial charge in [0.05, 0.1) is 11.1 Å². The van der Waals surface area contributed by atoms with Gasteiger partial charge in [-0.1, -0.05) is 22.0 Å². The number of nitriles is 1. The summed E-state index contributed by atoms with van der Waals surface area (Å²) >= 11 is 3.53. The molecule has 3 heteroatoms. The highest BCUT2D eigenvalue weighted by atomic mass is 79.9. The van der Waals surface area contributed by atoms with Gasteiger partial charge in [-0.05, 0) is 31.4 Å². The van der Waals surface area contributed by atoms with Crippen molar-refractivity contribution in [1.29, 1.82) is 5.26 Å². The van der Waals surface area contributed by atoms with Gasteiger partial charge in [-0.25, -0.2) is 0 Å². The van der Waals surface area contributed by atoms with Crippen molar-refractivity contribution >= 4 is 26.8 Å². The van der Waals surface area contributed by atoms with Crippen LogP contribution in [0.2, 0.25) is 0 Å². The van der Waals surface area contributed by atoms with Gasteiger partial charge in [0.2, 0.25) is 0 Å². The zero-order chi connectivity index (χ0) is 11.1. The average molecular weight is 275 g/mol. The molecule has 0 spiro atoms. The van der Waals surface area contributed by atoms with E-state index in [-0.39, 0.29) is 0 Å². The number of nitrogens with zero attached hydrogens (tertiary/aromatic N) is 2. The Bertz CT molecular complexity index is 588. The van der Waals surface area contributed by atoms with E-state index in [2.05, 4.69) is 32.6 Å². The molecule has 3 rings (SSSR count). The number of hydrogen-bond donors (Lipinski definition) is 0. The maximum absolute atomic E-state index is 9.16. The minimum atomic E-state index is 0.596. The quantitative estimate of drug-likeness (QED) is 0.773. The lowest BCUT2D eigenvalue weighted by Gasteiger charge is -2.27. The van der Waals surface area contributed by atoms with Crippen LogP contribution in [-0.2, 0) is 0 Å². The maximum atomic E-state index is 9.16. The van der Waals surface area contributed by atoms with Gasteiger partial charge in [-0.3, -0.25) is 0 Å². The number of fused-ring (bicyclic) bond motifs is 1. The van der Waals surface area contributed by atoms with Crippen molar-refractivity contribution in [3.63, 3.8) is 0 Å². The van der Waals surface area contributed by atoms with Crippen molar-refractivity contribution < 1.29 is 0 Å². The van der Waals surface area contributed by atoms with E-state index < -0.39 is 0 Å². The van der Waals surface area contributed by atoms with E-state index in [1.165, 1.54) is 24.8 Å². The monoisotopic (exact) mass is 274 g/mol. The molecule has 1 aromatic carbocycles. The van der Waals surface area contributed by atoms with Crippen LogP contribution < -0.4 is 0 Å². The highest BCUT2D eigenvalue weighted by Crippen LogP contribution is 2.37. The standard InChI is InChI=1S/C13H11BrN2/c14-11-5-2-6-12-13(11)9(7-15)8-16(12)10-3-1-4-10/h2,5-6,8,10H,1,3-4H2. The Kier molecular flexibility index (Phi) is 2.26. The fraction of sp³-hybridized carbons (Fsp3) is 0.308. The summed E-state index contributed by atoms with van der Waals surface area (Å²) < 4.78 is 3.28. The van der Waals surface area contributed by atoms with E-state index in [0.29, 0.717) is 6.04 Å². The molecule has 0 N–H and O–H groups in total. The van der Waals surface area contributed by atoms with E-state index in [9.17, 15) is 0 Å². The van der Waals surface area contributed by atoms with E-state index >= 15 is 0 Å². The fourth-order valence-electron chi connectivity index (χ4n) is 2.32. The third-order valence-corrected chi connectivity index (χ3v) is 4.06. The number of benzene rings is 1. The Balaban J connectivity index is 2.30. The highest BCUT2D eigenvalue weighted by molar-refractivity contribution is 9.10. The predicted molar refractivity (Wildman–Crippen MR) is 67.2 cm³/mol. The van der Waals surface area contributed by atoms with Crippen LogP contribution in [0.5, 0.6) is 0 Å². The molecule has 1 aliphatic rings. The van der Waals surface area contributed by atoms with Crippen LogP contribution in [0.4, 0.5) is 0 Å². The first-order valence-electron chi connectivity index (χ1n) is 5.50. The minimum absolute atomic E-state index is 0.596. The Labute approximate surface area is 103 Å². The second kappa shape index (κ2) is 3.64. The lowest BCUT2D eigenvalue weighted by Crippen LogP contribution is -2.15. The largest absolute Gasteiger partial charge is 0.343 e.